The molecule has 46 heavy (non-hydrogen) atoms. The monoisotopic (exact) mass is 644 g/mol. The number of hydrogen-bond acceptors (Lipinski definition) is 5. The Kier molecular flexibility index (Phi) is 16.0. The highest BCUT2D eigenvalue weighted by molar-refractivity contribution is 5.78. The fourth-order valence-corrected chi connectivity index (χ4v) is 7.94. The van der Waals surface area contributed by atoms with Crippen LogP contribution in [0.5, 0.6) is 0 Å². The van der Waals surface area contributed by atoms with Crippen molar-refractivity contribution >= 4 is 5.91 Å². The molecule has 0 aliphatic carbocycles. The predicted molar refractivity (Wildman–Crippen MR) is 189 cm³/mol. The van der Waals surface area contributed by atoms with Gasteiger partial charge in [-0.25, -0.2) is 0 Å². The van der Waals surface area contributed by atoms with Crippen molar-refractivity contribution in [3.8, 4) is 0 Å². The number of amides is 1. The van der Waals surface area contributed by atoms with Gasteiger partial charge in [-0.3, -0.25) is 4.79 Å². The molecule has 2 fully saturated rings. The van der Waals surface area contributed by atoms with Crippen molar-refractivity contribution in [2.45, 2.75) is 163 Å². The van der Waals surface area contributed by atoms with Crippen molar-refractivity contribution in [1.82, 2.24) is 5.32 Å². The Bertz CT molecular complexity index is 951. The molecule has 0 saturated carbocycles. The van der Waals surface area contributed by atoms with E-state index in [2.05, 4.69) is 105 Å². The minimum absolute atomic E-state index is 0.0605. The van der Waals surface area contributed by atoms with Crippen LogP contribution < -0.4 is 5.32 Å². The van der Waals surface area contributed by atoms with Crippen LogP contribution in [-0.2, 0) is 29.2 Å². The standard InChI is InChI=1S/C40H69NO5/c1-11-15-22-40(23-16-12-2,33-20-18-17-19-21-33)24-37(42)41-34(25-43-38-31(9)27(5)29(7)35(13-3)45-38)26-44-39-32(10)28(6)30(8)36(14-4)46-39/h17-21,27-32,34-36,38-39H,11-16,22-26H2,1-10H3,(H,41,42)/t27?,28?,29-,30-,31-,32-,34?,35?,36?,38-,39-/m0/s1. The quantitative estimate of drug-likeness (QED) is 0.173. The molecular formula is C40H69NO5. The van der Waals surface area contributed by atoms with E-state index in [9.17, 15) is 4.79 Å². The molecule has 1 aromatic rings. The predicted octanol–water partition coefficient (Wildman–Crippen LogP) is 9.30. The normalized spacial score (nSPS) is 32.7. The van der Waals surface area contributed by atoms with E-state index in [-0.39, 0.29) is 54.0 Å². The number of hydrogen-bond donors (Lipinski definition) is 1. The maximum Gasteiger partial charge on any atom is 0.221 e. The van der Waals surface area contributed by atoms with Crippen molar-refractivity contribution < 1.29 is 23.7 Å². The van der Waals surface area contributed by atoms with Gasteiger partial charge in [-0.1, -0.05) is 125 Å². The topological polar surface area (TPSA) is 66.0 Å². The summed E-state index contributed by atoms with van der Waals surface area (Å²) in [6.45, 7) is 23.2. The minimum Gasteiger partial charge on any atom is -0.350 e. The second-order valence-corrected chi connectivity index (χ2v) is 15.0. The molecule has 4 unspecified atom stereocenters. The maximum absolute atomic E-state index is 14.1. The molecule has 2 heterocycles. The molecule has 6 nitrogen and oxygen atoms in total. The largest absolute Gasteiger partial charge is 0.350 e. The Morgan fingerprint density at radius 1 is 0.717 bits per heavy atom. The van der Waals surface area contributed by atoms with Crippen molar-refractivity contribution in [3.63, 3.8) is 0 Å². The first kappa shape index (κ1) is 39.0. The summed E-state index contributed by atoms with van der Waals surface area (Å²) in [5.41, 5.74) is 1.08. The van der Waals surface area contributed by atoms with Crippen LogP contribution in [0.2, 0.25) is 0 Å². The lowest BCUT2D eigenvalue weighted by Crippen LogP contribution is -2.50. The lowest BCUT2D eigenvalue weighted by Gasteiger charge is -2.44. The summed E-state index contributed by atoms with van der Waals surface area (Å²) in [4.78, 5) is 14.1. The van der Waals surface area contributed by atoms with E-state index in [1.165, 1.54) is 5.56 Å². The van der Waals surface area contributed by atoms with Gasteiger partial charge in [0.15, 0.2) is 12.6 Å². The fourth-order valence-electron chi connectivity index (χ4n) is 7.94. The average Bonchev–Trinajstić information content (AvgIpc) is 3.06. The summed E-state index contributed by atoms with van der Waals surface area (Å²) < 4.78 is 26.0. The molecule has 3 rings (SSSR count). The molecule has 2 aliphatic heterocycles. The number of carbonyl (C=O) groups excluding carboxylic acids is 1. The number of benzene rings is 1. The zero-order chi connectivity index (χ0) is 33.9. The molecule has 1 aromatic carbocycles. The molecule has 1 N–H and O–H groups in total. The van der Waals surface area contributed by atoms with Crippen molar-refractivity contribution in [2.24, 2.45) is 35.5 Å². The van der Waals surface area contributed by atoms with Crippen LogP contribution >= 0.6 is 0 Å². The molecule has 0 spiro atoms. The van der Waals surface area contributed by atoms with Crippen LogP contribution in [-0.4, -0.2) is 50.0 Å². The first-order chi connectivity index (χ1) is 22.0. The second-order valence-electron chi connectivity index (χ2n) is 15.0. The van der Waals surface area contributed by atoms with Crippen LogP contribution in [0, 0.1) is 35.5 Å². The minimum atomic E-state index is -0.311. The van der Waals surface area contributed by atoms with Gasteiger partial charge in [-0.2, -0.15) is 0 Å². The van der Waals surface area contributed by atoms with Crippen molar-refractivity contribution in [3.05, 3.63) is 35.9 Å². The summed E-state index contributed by atoms with van der Waals surface area (Å²) in [7, 11) is 0. The zero-order valence-corrected chi connectivity index (χ0v) is 31.1. The van der Waals surface area contributed by atoms with E-state index in [0.717, 1.165) is 51.4 Å². The van der Waals surface area contributed by atoms with Gasteiger partial charge < -0.3 is 24.3 Å². The number of unbranched alkanes of at least 4 members (excludes halogenated alkanes) is 2. The van der Waals surface area contributed by atoms with Crippen LogP contribution in [0.15, 0.2) is 30.3 Å². The van der Waals surface area contributed by atoms with Gasteiger partial charge in [0.05, 0.1) is 31.5 Å². The van der Waals surface area contributed by atoms with Gasteiger partial charge in [-0.15, -0.1) is 0 Å². The highest BCUT2D eigenvalue weighted by Crippen LogP contribution is 2.40. The van der Waals surface area contributed by atoms with E-state index < -0.39 is 0 Å². The Labute approximate surface area is 282 Å². The summed E-state index contributed by atoms with van der Waals surface area (Å²) in [5.74, 6) is 2.53. The highest BCUT2D eigenvalue weighted by atomic mass is 16.7. The van der Waals surface area contributed by atoms with Crippen LogP contribution in [0.4, 0.5) is 0 Å². The number of carbonyl (C=O) groups is 1. The molecule has 0 aromatic heterocycles. The Hall–Kier alpha value is -1.47. The Morgan fingerprint density at radius 2 is 1.17 bits per heavy atom. The summed E-state index contributed by atoms with van der Waals surface area (Å²) in [5, 5.41) is 3.39. The van der Waals surface area contributed by atoms with Gasteiger partial charge in [0.1, 0.15) is 0 Å². The third kappa shape index (κ3) is 10.0. The Morgan fingerprint density at radius 3 is 1.59 bits per heavy atom. The highest BCUT2D eigenvalue weighted by Gasteiger charge is 2.41. The third-order valence-corrected chi connectivity index (χ3v) is 12.0. The summed E-state index contributed by atoms with van der Waals surface area (Å²) in [6.07, 6.45) is 8.55. The molecule has 264 valence electrons. The lowest BCUT2D eigenvalue weighted by atomic mass is 9.70. The van der Waals surface area contributed by atoms with Crippen LogP contribution in [0.3, 0.4) is 0 Å². The van der Waals surface area contributed by atoms with E-state index in [4.69, 9.17) is 18.9 Å². The summed E-state index contributed by atoms with van der Waals surface area (Å²) >= 11 is 0. The van der Waals surface area contributed by atoms with Gasteiger partial charge in [0.25, 0.3) is 0 Å². The molecule has 2 saturated heterocycles. The van der Waals surface area contributed by atoms with Gasteiger partial charge in [0, 0.05) is 23.7 Å². The van der Waals surface area contributed by atoms with E-state index in [0.29, 0.717) is 43.3 Å². The van der Waals surface area contributed by atoms with Gasteiger partial charge in [0.2, 0.25) is 5.91 Å². The van der Waals surface area contributed by atoms with Crippen LogP contribution in [0.25, 0.3) is 0 Å². The SMILES string of the molecule is CCCCC(CCCC)(CC(=O)NC(CO[C@H]1OC(CC)[C@@H](C)C(C)[C@@H]1C)CO[C@H]1OC(CC)[C@@H](C)C(C)[C@@H]1C)c1ccccc1. The van der Waals surface area contributed by atoms with E-state index in [1.54, 1.807) is 0 Å². The molecule has 2 aliphatic rings. The molecule has 6 heteroatoms. The Balaban J connectivity index is 1.80. The van der Waals surface area contributed by atoms with E-state index in [1.807, 2.05) is 0 Å². The first-order valence-corrected chi connectivity index (χ1v) is 18.9. The third-order valence-electron chi connectivity index (χ3n) is 12.0. The van der Waals surface area contributed by atoms with Crippen molar-refractivity contribution in [2.75, 3.05) is 13.2 Å². The molecular weight excluding hydrogens is 574 g/mol. The number of nitrogens with one attached hydrogen (secondary N) is 1. The first-order valence-electron chi connectivity index (χ1n) is 18.9. The lowest BCUT2D eigenvalue weighted by molar-refractivity contribution is -0.261. The number of ether oxygens (including phenoxy) is 4. The maximum atomic E-state index is 14.1. The smallest absolute Gasteiger partial charge is 0.221 e. The molecule has 0 bridgehead atoms. The molecule has 1 amide bonds. The second kappa shape index (κ2) is 18.9. The summed E-state index contributed by atoms with van der Waals surface area (Å²) in [6, 6.07) is 10.4. The zero-order valence-electron chi connectivity index (χ0n) is 31.1. The molecule has 10 atom stereocenters. The van der Waals surface area contributed by atoms with Gasteiger partial charge >= 0.3 is 0 Å². The fraction of sp³-hybridized carbons (Fsp3) is 0.825. The van der Waals surface area contributed by atoms with E-state index >= 15 is 0 Å². The van der Waals surface area contributed by atoms with Gasteiger partial charge in [-0.05, 0) is 54.9 Å². The van der Waals surface area contributed by atoms with Crippen molar-refractivity contribution in [1.29, 1.82) is 0 Å². The number of rotatable bonds is 18. The van der Waals surface area contributed by atoms with Crippen LogP contribution in [0.1, 0.15) is 133 Å². The molecule has 0 radical (unpaired) electrons. The average molecular weight is 644 g/mol.